The van der Waals surface area contributed by atoms with E-state index in [9.17, 15) is 14.7 Å². The van der Waals surface area contributed by atoms with Crippen LogP contribution in [0.5, 0.6) is 0 Å². The van der Waals surface area contributed by atoms with Gasteiger partial charge in [-0.3, -0.25) is 4.79 Å². The smallest absolute Gasteiger partial charge is 0.357 e. The number of ether oxygens (including phenoxy) is 1. The van der Waals surface area contributed by atoms with E-state index < -0.39 is 12.1 Å². The molecule has 1 amide bonds. The second kappa shape index (κ2) is 11.4. The number of aliphatic hydroxyl groups excluding tert-OH is 1. The van der Waals surface area contributed by atoms with Crippen LogP contribution in [0.25, 0.3) is 0 Å². The molecule has 2 atom stereocenters. The lowest BCUT2D eigenvalue weighted by atomic mass is 10.0. The van der Waals surface area contributed by atoms with Crippen LogP contribution in [0, 0.1) is 0 Å². The number of anilines is 1. The molecule has 2 heterocycles. The van der Waals surface area contributed by atoms with Crippen molar-refractivity contribution in [2.24, 2.45) is 0 Å². The summed E-state index contributed by atoms with van der Waals surface area (Å²) >= 11 is 1.47. The summed E-state index contributed by atoms with van der Waals surface area (Å²) in [5.74, 6) is -0.252. The highest BCUT2D eigenvalue weighted by Crippen LogP contribution is 2.31. The van der Waals surface area contributed by atoms with E-state index in [1.807, 2.05) is 29.2 Å². The van der Waals surface area contributed by atoms with Gasteiger partial charge in [0.05, 0.1) is 18.2 Å². The van der Waals surface area contributed by atoms with Gasteiger partial charge in [0.2, 0.25) is 5.91 Å². The Balaban J connectivity index is 1.55. The summed E-state index contributed by atoms with van der Waals surface area (Å²) in [4.78, 5) is 30.3. The molecule has 0 aliphatic carbocycles. The summed E-state index contributed by atoms with van der Waals surface area (Å²) in [5.41, 5.74) is 2.17. The lowest BCUT2D eigenvalue weighted by molar-refractivity contribution is -0.117. The lowest BCUT2D eigenvalue weighted by Gasteiger charge is -2.25. The summed E-state index contributed by atoms with van der Waals surface area (Å²) in [6.45, 7) is 2.15. The number of hydrogen-bond donors (Lipinski definition) is 1. The van der Waals surface area contributed by atoms with E-state index in [4.69, 9.17) is 4.74 Å². The zero-order valence-corrected chi connectivity index (χ0v) is 19.2. The van der Waals surface area contributed by atoms with Crippen molar-refractivity contribution < 1.29 is 19.4 Å². The Morgan fingerprint density at radius 2 is 2.06 bits per heavy atom. The highest BCUT2D eigenvalue weighted by molar-refractivity contribution is 7.09. The molecule has 0 radical (unpaired) electrons. The van der Waals surface area contributed by atoms with Gasteiger partial charge >= 0.3 is 5.97 Å². The molecule has 1 unspecified atom stereocenters. The molecule has 1 aliphatic rings. The van der Waals surface area contributed by atoms with Crippen LogP contribution in [0.4, 0.5) is 5.69 Å². The zero-order valence-electron chi connectivity index (χ0n) is 18.4. The Bertz CT molecular complexity index is 865. The molecule has 0 saturated carbocycles. The molecule has 2 aromatic rings. The number of rotatable bonds is 11. The third kappa shape index (κ3) is 6.14. The van der Waals surface area contributed by atoms with Gasteiger partial charge in [0.15, 0.2) is 5.69 Å². The summed E-state index contributed by atoms with van der Waals surface area (Å²) < 4.78 is 4.70. The van der Waals surface area contributed by atoms with E-state index in [-0.39, 0.29) is 11.9 Å². The van der Waals surface area contributed by atoms with E-state index in [0.29, 0.717) is 12.1 Å². The van der Waals surface area contributed by atoms with E-state index in [0.717, 1.165) is 67.6 Å². The maximum Gasteiger partial charge on any atom is 0.357 e. The molecular formula is C24H32N2O4S. The maximum atomic E-state index is 12.5. The van der Waals surface area contributed by atoms with Crippen molar-refractivity contribution in [1.82, 2.24) is 4.98 Å². The van der Waals surface area contributed by atoms with Gasteiger partial charge in [0.1, 0.15) is 0 Å². The summed E-state index contributed by atoms with van der Waals surface area (Å²) in [5, 5.41) is 13.0. The minimum absolute atomic E-state index is 0.156. The van der Waals surface area contributed by atoms with E-state index >= 15 is 0 Å². The Morgan fingerprint density at radius 1 is 1.29 bits per heavy atom. The lowest BCUT2D eigenvalue weighted by Crippen LogP contribution is -2.32. The highest BCUT2D eigenvalue weighted by atomic mass is 32.1. The molecule has 1 saturated heterocycles. The third-order valence-corrected chi connectivity index (χ3v) is 6.75. The highest BCUT2D eigenvalue weighted by Gasteiger charge is 2.31. The van der Waals surface area contributed by atoms with Gasteiger partial charge in [0, 0.05) is 23.5 Å². The van der Waals surface area contributed by atoms with Crippen molar-refractivity contribution in [2.75, 3.05) is 12.0 Å². The average Bonchev–Trinajstić information content (AvgIpc) is 3.40. The average molecular weight is 445 g/mol. The number of carbonyl (C=O) groups excluding carboxylic acids is 2. The van der Waals surface area contributed by atoms with Crippen LogP contribution in [0.1, 0.15) is 85.5 Å². The van der Waals surface area contributed by atoms with Crippen molar-refractivity contribution in [2.45, 2.75) is 76.9 Å². The molecule has 6 nitrogen and oxygen atoms in total. The normalized spacial score (nSPS) is 17.2. The molecule has 1 aliphatic heterocycles. The predicted molar refractivity (Wildman–Crippen MR) is 122 cm³/mol. The first-order valence-electron chi connectivity index (χ1n) is 11.2. The molecule has 3 rings (SSSR count). The topological polar surface area (TPSA) is 79.7 Å². The first-order valence-corrected chi connectivity index (χ1v) is 12.0. The number of aliphatic hydroxyl groups is 1. The number of esters is 1. The number of aromatic nitrogens is 1. The Hall–Kier alpha value is -2.25. The fraction of sp³-hybridized carbons (Fsp3) is 0.542. The van der Waals surface area contributed by atoms with Gasteiger partial charge in [0.25, 0.3) is 0 Å². The number of unbranched alkanes of at least 4 members (excludes halogenated alkanes) is 2. The Kier molecular flexibility index (Phi) is 8.60. The number of thiazole rings is 1. The van der Waals surface area contributed by atoms with Crippen LogP contribution in [0.15, 0.2) is 29.6 Å². The maximum absolute atomic E-state index is 12.5. The van der Waals surface area contributed by atoms with Crippen LogP contribution < -0.4 is 4.90 Å². The number of benzene rings is 1. The van der Waals surface area contributed by atoms with Crippen molar-refractivity contribution in [3.8, 4) is 0 Å². The van der Waals surface area contributed by atoms with Gasteiger partial charge in [-0.1, -0.05) is 38.3 Å². The first-order chi connectivity index (χ1) is 15.0. The summed E-state index contributed by atoms with van der Waals surface area (Å²) in [6.07, 6.45) is 7.60. The monoisotopic (exact) mass is 444 g/mol. The second-order valence-electron chi connectivity index (χ2n) is 8.07. The van der Waals surface area contributed by atoms with Crippen LogP contribution in [0.3, 0.4) is 0 Å². The zero-order chi connectivity index (χ0) is 22.2. The van der Waals surface area contributed by atoms with Crippen LogP contribution in [0.2, 0.25) is 0 Å². The van der Waals surface area contributed by atoms with E-state index in [2.05, 4.69) is 11.9 Å². The molecule has 0 bridgehead atoms. The van der Waals surface area contributed by atoms with Crippen LogP contribution >= 0.6 is 11.3 Å². The standard InChI is InChI=1S/C24H32N2O4S/c1-3-4-5-8-21(27)17-10-12-19(13-11-17)26-18(14-15-23(26)28)7-6-9-22-25-20(16-31-22)24(29)30-2/h10-13,16,18,21,27H,3-9,14-15H2,1-2H3/t18-,21?/m0/s1. The number of aryl methyl sites for hydroxylation is 1. The van der Waals surface area contributed by atoms with E-state index in [1.165, 1.54) is 18.4 Å². The van der Waals surface area contributed by atoms with Crippen molar-refractivity contribution in [3.05, 3.63) is 45.9 Å². The molecule has 0 spiro atoms. The predicted octanol–water partition coefficient (Wildman–Crippen LogP) is 5.06. The van der Waals surface area contributed by atoms with Gasteiger partial charge < -0.3 is 14.7 Å². The van der Waals surface area contributed by atoms with Crippen LogP contribution in [-0.4, -0.2) is 35.1 Å². The molecule has 7 heteroatoms. The summed E-state index contributed by atoms with van der Waals surface area (Å²) in [6, 6.07) is 7.97. The van der Waals surface area contributed by atoms with Gasteiger partial charge in [-0.05, 0) is 49.8 Å². The first kappa shape index (κ1) is 23.4. The number of amides is 1. The minimum Gasteiger partial charge on any atom is -0.464 e. The number of methoxy groups -OCH3 is 1. The largest absolute Gasteiger partial charge is 0.464 e. The molecule has 1 aromatic carbocycles. The molecule has 1 fully saturated rings. The molecule has 31 heavy (non-hydrogen) atoms. The minimum atomic E-state index is -0.446. The fourth-order valence-corrected chi connectivity index (χ4v) is 4.91. The second-order valence-corrected chi connectivity index (χ2v) is 9.01. The number of carbonyl (C=O) groups is 2. The third-order valence-electron chi connectivity index (χ3n) is 5.84. The Morgan fingerprint density at radius 3 is 2.77 bits per heavy atom. The molecule has 168 valence electrons. The number of nitrogens with zero attached hydrogens (tertiary/aromatic N) is 2. The van der Waals surface area contributed by atoms with Gasteiger partial charge in [-0.15, -0.1) is 11.3 Å². The summed E-state index contributed by atoms with van der Waals surface area (Å²) in [7, 11) is 1.35. The van der Waals surface area contributed by atoms with Gasteiger partial charge in [-0.2, -0.15) is 0 Å². The Labute approximate surface area is 188 Å². The van der Waals surface area contributed by atoms with Crippen molar-refractivity contribution in [1.29, 1.82) is 0 Å². The van der Waals surface area contributed by atoms with Gasteiger partial charge in [-0.25, -0.2) is 9.78 Å². The quantitative estimate of drug-likeness (QED) is 0.387. The van der Waals surface area contributed by atoms with Crippen molar-refractivity contribution >= 4 is 28.9 Å². The fourth-order valence-electron chi connectivity index (χ4n) is 4.10. The molecular weight excluding hydrogens is 412 g/mol. The van der Waals surface area contributed by atoms with Crippen molar-refractivity contribution in [3.63, 3.8) is 0 Å². The molecule has 1 N–H and O–H groups in total. The van der Waals surface area contributed by atoms with Crippen LogP contribution in [-0.2, 0) is 16.0 Å². The number of hydrogen-bond acceptors (Lipinski definition) is 6. The SMILES string of the molecule is CCCCCC(O)c1ccc(N2C(=O)CC[C@@H]2CCCc2nc(C(=O)OC)cs2)cc1. The van der Waals surface area contributed by atoms with E-state index in [1.54, 1.807) is 5.38 Å². The molecule has 1 aromatic heterocycles.